The predicted molar refractivity (Wildman–Crippen MR) is 45.8 cm³/mol. The molecule has 0 unspecified atom stereocenters. The largest absolute Gasteiger partial charge is 0.493 e. The summed E-state index contributed by atoms with van der Waals surface area (Å²) in [6.45, 7) is 0. The van der Waals surface area contributed by atoms with Gasteiger partial charge in [0.15, 0.2) is 11.4 Å². The summed E-state index contributed by atoms with van der Waals surface area (Å²) in [6.07, 6.45) is -8.03. The molecule has 0 atom stereocenters. The summed E-state index contributed by atoms with van der Waals surface area (Å²) in [5.74, 6) is -0.551. The molecule has 1 heterocycles. The van der Waals surface area contributed by atoms with Crippen LogP contribution in [0.25, 0.3) is 0 Å². The van der Waals surface area contributed by atoms with Gasteiger partial charge in [0.1, 0.15) is 5.69 Å². The molecule has 90 valence electrons. The average molecular weight is 262 g/mol. The molecule has 0 spiro atoms. The summed E-state index contributed by atoms with van der Waals surface area (Å²) in [5, 5.41) is -0.555. The Morgan fingerprint density at radius 3 is 2.31 bits per heavy atom. The molecule has 16 heavy (non-hydrogen) atoms. The van der Waals surface area contributed by atoms with Crippen molar-refractivity contribution in [2.45, 2.75) is 12.6 Å². The number of alkyl halides is 5. The van der Waals surface area contributed by atoms with Gasteiger partial charge in [-0.1, -0.05) is 11.6 Å². The minimum absolute atomic E-state index is 0.437. The van der Waals surface area contributed by atoms with E-state index in [9.17, 15) is 22.0 Å². The molecule has 1 aromatic heterocycles. The molecule has 0 fully saturated rings. The van der Waals surface area contributed by atoms with E-state index in [1.807, 2.05) is 0 Å². The van der Waals surface area contributed by atoms with Gasteiger partial charge in [-0.05, 0) is 6.07 Å². The summed E-state index contributed by atoms with van der Waals surface area (Å²) >= 11 is 5.39. The van der Waals surface area contributed by atoms with Gasteiger partial charge >= 0.3 is 6.18 Å². The lowest BCUT2D eigenvalue weighted by Crippen LogP contribution is -2.11. The molecule has 0 aliphatic carbocycles. The maximum atomic E-state index is 12.4. The van der Waals surface area contributed by atoms with Gasteiger partial charge in [-0.3, -0.25) is 0 Å². The highest BCUT2D eigenvalue weighted by Crippen LogP contribution is 2.38. The van der Waals surface area contributed by atoms with Crippen LogP contribution < -0.4 is 4.74 Å². The first kappa shape index (κ1) is 13.0. The quantitative estimate of drug-likeness (QED) is 0.757. The molecule has 0 bridgehead atoms. The van der Waals surface area contributed by atoms with Gasteiger partial charge in [0.25, 0.3) is 6.43 Å². The minimum Gasteiger partial charge on any atom is -0.493 e. The van der Waals surface area contributed by atoms with E-state index in [0.717, 1.165) is 7.11 Å². The first-order chi connectivity index (χ1) is 7.27. The molecular formula is C8H5ClF5NO. The molecule has 0 radical (unpaired) electrons. The van der Waals surface area contributed by atoms with Gasteiger partial charge in [0.2, 0.25) is 0 Å². The Labute approximate surface area is 92.0 Å². The van der Waals surface area contributed by atoms with E-state index in [1.165, 1.54) is 0 Å². The summed E-state index contributed by atoms with van der Waals surface area (Å²) < 4.78 is 66.0. The summed E-state index contributed by atoms with van der Waals surface area (Å²) in [6, 6.07) is 0.437. The molecule has 8 heteroatoms. The molecule has 0 aliphatic rings. The fraction of sp³-hybridized carbons (Fsp3) is 0.375. The van der Waals surface area contributed by atoms with Gasteiger partial charge in [-0.25, -0.2) is 13.8 Å². The Morgan fingerprint density at radius 2 is 1.94 bits per heavy atom. The highest BCUT2D eigenvalue weighted by atomic mass is 35.5. The number of rotatable bonds is 2. The fourth-order valence-corrected chi connectivity index (χ4v) is 1.29. The second-order valence-electron chi connectivity index (χ2n) is 2.71. The van der Waals surface area contributed by atoms with Crippen LogP contribution in [0.4, 0.5) is 22.0 Å². The number of hydrogen-bond acceptors (Lipinski definition) is 2. The molecule has 0 N–H and O–H groups in total. The van der Waals surface area contributed by atoms with Crippen molar-refractivity contribution in [2.24, 2.45) is 0 Å². The zero-order chi connectivity index (χ0) is 12.5. The molecule has 0 aliphatic heterocycles. The van der Waals surface area contributed by atoms with E-state index in [0.29, 0.717) is 6.07 Å². The SMILES string of the molecule is COc1c(Cl)cc(C(F)(F)F)nc1C(F)F. The van der Waals surface area contributed by atoms with Crippen LogP contribution >= 0.6 is 11.6 Å². The Hall–Kier alpha value is -1.11. The smallest absolute Gasteiger partial charge is 0.433 e. The van der Waals surface area contributed by atoms with E-state index in [4.69, 9.17) is 11.6 Å². The van der Waals surface area contributed by atoms with E-state index >= 15 is 0 Å². The van der Waals surface area contributed by atoms with E-state index in [1.54, 1.807) is 0 Å². The molecule has 0 saturated heterocycles. The van der Waals surface area contributed by atoms with Crippen LogP contribution in [0.5, 0.6) is 5.75 Å². The molecule has 0 amide bonds. The number of aromatic nitrogens is 1. The number of ether oxygens (including phenoxy) is 1. The lowest BCUT2D eigenvalue weighted by Gasteiger charge is -2.12. The van der Waals surface area contributed by atoms with Crippen molar-refractivity contribution in [3.8, 4) is 5.75 Å². The topological polar surface area (TPSA) is 22.1 Å². The van der Waals surface area contributed by atoms with Crippen LogP contribution in [-0.4, -0.2) is 12.1 Å². The van der Waals surface area contributed by atoms with E-state index in [2.05, 4.69) is 9.72 Å². The van der Waals surface area contributed by atoms with Crippen molar-refractivity contribution in [3.05, 3.63) is 22.5 Å². The maximum Gasteiger partial charge on any atom is 0.433 e. The number of nitrogens with zero attached hydrogens (tertiary/aromatic N) is 1. The van der Waals surface area contributed by atoms with Crippen LogP contribution in [0, 0.1) is 0 Å². The molecule has 1 rings (SSSR count). The van der Waals surface area contributed by atoms with Crippen molar-refractivity contribution >= 4 is 11.6 Å². The fourth-order valence-electron chi connectivity index (χ4n) is 1.02. The van der Waals surface area contributed by atoms with Crippen LogP contribution in [0.1, 0.15) is 17.8 Å². The van der Waals surface area contributed by atoms with Crippen molar-refractivity contribution in [2.75, 3.05) is 7.11 Å². The minimum atomic E-state index is -4.83. The first-order valence-electron chi connectivity index (χ1n) is 3.87. The summed E-state index contributed by atoms with van der Waals surface area (Å²) in [5.41, 5.74) is -2.60. The van der Waals surface area contributed by atoms with Crippen LogP contribution in [-0.2, 0) is 6.18 Å². The Kier molecular flexibility index (Phi) is 3.57. The normalized spacial score (nSPS) is 12.0. The van der Waals surface area contributed by atoms with Gasteiger partial charge in [-0.15, -0.1) is 0 Å². The lowest BCUT2D eigenvalue weighted by molar-refractivity contribution is -0.141. The summed E-state index contributed by atoms with van der Waals surface area (Å²) in [7, 11) is 1.02. The number of halogens is 6. The Balaban J connectivity index is 3.40. The lowest BCUT2D eigenvalue weighted by atomic mass is 10.2. The van der Waals surface area contributed by atoms with Gasteiger partial charge < -0.3 is 4.74 Å². The first-order valence-corrected chi connectivity index (χ1v) is 4.25. The third-order valence-corrected chi connectivity index (χ3v) is 1.94. The van der Waals surface area contributed by atoms with Crippen molar-refractivity contribution in [1.29, 1.82) is 0 Å². The van der Waals surface area contributed by atoms with E-state index in [-0.39, 0.29) is 0 Å². The highest BCUT2D eigenvalue weighted by molar-refractivity contribution is 6.32. The van der Waals surface area contributed by atoms with Gasteiger partial charge in [0, 0.05) is 0 Å². The standard InChI is InChI=1S/C8H5ClF5NO/c1-16-6-3(9)2-4(8(12,13)14)15-5(6)7(10)11/h2,7H,1H3. The number of pyridine rings is 1. The highest BCUT2D eigenvalue weighted by Gasteiger charge is 2.35. The molecular weight excluding hydrogens is 257 g/mol. The average Bonchev–Trinajstić information content (AvgIpc) is 2.14. The second-order valence-corrected chi connectivity index (χ2v) is 3.11. The molecule has 0 aromatic carbocycles. The van der Waals surface area contributed by atoms with Gasteiger partial charge in [0.05, 0.1) is 12.1 Å². The molecule has 0 saturated carbocycles. The second kappa shape index (κ2) is 4.40. The van der Waals surface area contributed by atoms with Crippen molar-refractivity contribution in [1.82, 2.24) is 4.98 Å². The summed E-state index contributed by atoms with van der Waals surface area (Å²) in [4.78, 5) is 2.79. The van der Waals surface area contributed by atoms with Crippen molar-refractivity contribution < 1.29 is 26.7 Å². The number of hydrogen-bond donors (Lipinski definition) is 0. The zero-order valence-electron chi connectivity index (χ0n) is 7.78. The van der Waals surface area contributed by atoms with Gasteiger partial charge in [-0.2, -0.15) is 13.2 Å². The zero-order valence-corrected chi connectivity index (χ0v) is 8.53. The van der Waals surface area contributed by atoms with Crippen molar-refractivity contribution in [3.63, 3.8) is 0 Å². The molecule has 1 aromatic rings. The number of methoxy groups -OCH3 is 1. The molecule has 2 nitrogen and oxygen atoms in total. The van der Waals surface area contributed by atoms with E-state index < -0.39 is 34.8 Å². The Bertz CT molecular complexity index is 393. The monoisotopic (exact) mass is 261 g/mol. The van der Waals surface area contributed by atoms with Crippen LogP contribution in [0.15, 0.2) is 6.07 Å². The maximum absolute atomic E-state index is 12.4. The van der Waals surface area contributed by atoms with Crippen LogP contribution in [0.3, 0.4) is 0 Å². The third-order valence-electron chi connectivity index (χ3n) is 1.66. The predicted octanol–water partition coefficient (Wildman–Crippen LogP) is 3.70. The third kappa shape index (κ3) is 2.52. The Morgan fingerprint density at radius 1 is 1.38 bits per heavy atom. The van der Waals surface area contributed by atoms with Crippen LogP contribution in [0.2, 0.25) is 5.02 Å².